The van der Waals surface area contributed by atoms with Crippen LogP contribution in [0.5, 0.6) is 5.75 Å². The van der Waals surface area contributed by atoms with E-state index in [0.717, 1.165) is 44.0 Å². The standard InChI is InChI=1S/C22H27N3O2.C2H2O4/c1-17-15-18-5-3-4-6-21(18)25(17)22(26)16-23-11-13-24(14-12-23)19-7-9-20(27-2)10-8-19;3-1(4)2(5)6/h3-10,17H,11-16H2,1-2H3;(H,3,4)(H,5,6). The molecule has 1 amide bonds. The number of carbonyl (C=O) groups is 3. The third-order valence-electron chi connectivity index (χ3n) is 5.96. The summed E-state index contributed by atoms with van der Waals surface area (Å²) in [4.78, 5) is 36.8. The Morgan fingerprint density at radius 3 is 2.27 bits per heavy atom. The topological polar surface area (TPSA) is 115 Å². The minimum absolute atomic E-state index is 0.250. The number of hydrogen-bond donors (Lipinski definition) is 2. The molecule has 1 saturated heterocycles. The summed E-state index contributed by atoms with van der Waals surface area (Å²) in [6, 6.07) is 16.8. The summed E-state index contributed by atoms with van der Waals surface area (Å²) in [6.45, 7) is 6.65. The lowest BCUT2D eigenvalue weighted by Gasteiger charge is -2.34. The van der Waals surface area contributed by atoms with Gasteiger partial charge < -0.3 is 34.4 Å². The second kappa shape index (κ2) is 10.8. The van der Waals surface area contributed by atoms with Crippen LogP contribution in [0.1, 0.15) is 12.5 Å². The van der Waals surface area contributed by atoms with Crippen LogP contribution in [-0.2, 0) is 20.8 Å². The van der Waals surface area contributed by atoms with E-state index in [1.165, 1.54) is 16.2 Å². The van der Waals surface area contributed by atoms with Gasteiger partial charge in [0.15, 0.2) is 12.5 Å². The summed E-state index contributed by atoms with van der Waals surface area (Å²) in [5.41, 5.74) is 3.62. The van der Waals surface area contributed by atoms with Crippen molar-refractivity contribution in [1.82, 2.24) is 0 Å². The zero-order valence-corrected chi connectivity index (χ0v) is 18.8. The van der Waals surface area contributed by atoms with Gasteiger partial charge in [-0.15, -0.1) is 0 Å². The monoisotopic (exact) mass is 455 g/mol. The number of nitrogens with one attached hydrogen (secondary N) is 1. The molecule has 2 N–H and O–H groups in total. The molecule has 33 heavy (non-hydrogen) atoms. The molecule has 2 aromatic carbocycles. The lowest BCUT2D eigenvalue weighted by Crippen LogP contribution is -3.16. The number of rotatable bonds is 4. The maximum Gasteiger partial charge on any atom is 0.351 e. The number of fused-ring (bicyclic) bond motifs is 1. The highest BCUT2D eigenvalue weighted by molar-refractivity contribution is 6.26. The van der Waals surface area contributed by atoms with E-state index < -0.39 is 11.9 Å². The number of hydrogen-bond acceptors (Lipinski definition) is 6. The number of anilines is 2. The number of quaternary nitrogens is 1. The molecule has 4 rings (SSSR count). The van der Waals surface area contributed by atoms with Gasteiger partial charge >= 0.3 is 5.97 Å². The van der Waals surface area contributed by atoms with Gasteiger partial charge in [-0.2, -0.15) is 0 Å². The van der Waals surface area contributed by atoms with E-state index in [1.807, 2.05) is 23.1 Å². The lowest BCUT2D eigenvalue weighted by atomic mass is 10.1. The molecule has 2 heterocycles. The normalized spacial score (nSPS) is 17.6. The van der Waals surface area contributed by atoms with Crippen LogP contribution in [0, 0.1) is 0 Å². The Balaban J connectivity index is 0.000000454. The first-order valence-electron chi connectivity index (χ1n) is 10.9. The predicted octanol–water partition coefficient (Wildman–Crippen LogP) is -0.801. The molecule has 1 atom stereocenters. The second-order valence-electron chi connectivity index (χ2n) is 8.15. The number of para-hydroxylation sites is 1. The van der Waals surface area contributed by atoms with E-state index in [2.05, 4.69) is 42.2 Å². The first-order valence-corrected chi connectivity index (χ1v) is 10.9. The van der Waals surface area contributed by atoms with Crippen molar-refractivity contribution in [2.75, 3.05) is 49.6 Å². The first kappa shape index (κ1) is 24.1. The van der Waals surface area contributed by atoms with Gasteiger partial charge in [0, 0.05) is 17.4 Å². The van der Waals surface area contributed by atoms with Crippen molar-refractivity contribution in [1.29, 1.82) is 0 Å². The molecule has 2 aliphatic rings. The zero-order valence-electron chi connectivity index (χ0n) is 18.8. The van der Waals surface area contributed by atoms with E-state index in [0.29, 0.717) is 6.54 Å². The van der Waals surface area contributed by atoms with E-state index >= 15 is 0 Å². The number of carboxylic acid groups (broad SMARTS) is 2. The van der Waals surface area contributed by atoms with Crippen LogP contribution in [0.2, 0.25) is 0 Å². The van der Waals surface area contributed by atoms with E-state index in [-0.39, 0.29) is 11.9 Å². The quantitative estimate of drug-likeness (QED) is 0.580. The third-order valence-corrected chi connectivity index (χ3v) is 5.96. The molecular weight excluding hydrogens is 426 g/mol. The summed E-state index contributed by atoms with van der Waals surface area (Å²) >= 11 is 0. The smallest absolute Gasteiger partial charge is 0.351 e. The molecule has 1 fully saturated rings. The lowest BCUT2D eigenvalue weighted by molar-refractivity contribution is -0.892. The Morgan fingerprint density at radius 1 is 1.09 bits per heavy atom. The number of amides is 1. The third kappa shape index (κ3) is 6.01. The molecule has 176 valence electrons. The molecule has 0 spiro atoms. The average molecular weight is 456 g/mol. The zero-order chi connectivity index (χ0) is 24.0. The molecule has 9 heteroatoms. The van der Waals surface area contributed by atoms with Crippen molar-refractivity contribution in [3.8, 4) is 5.75 Å². The summed E-state index contributed by atoms with van der Waals surface area (Å²) in [5.74, 6) is -2.88. The van der Waals surface area contributed by atoms with Gasteiger partial charge in [0.1, 0.15) is 5.75 Å². The van der Waals surface area contributed by atoms with E-state index in [1.54, 1.807) is 7.11 Å². The first-order chi connectivity index (χ1) is 15.8. The summed E-state index contributed by atoms with van der Waals surface area (Å²) in [6.07, 6.45) is 0.961. The average Bonchev–Trinajstić information content (AvgIpc) is 3.15. The van der Waals surface area contributed by atoms with Gasteiger partial charge in [-0.05, 0) is 49.2 Å². The fourth-order valence-corrected chi connectivity index (χ4v) is 4.30. The van der Waals surface area contributed by atoms with Crippen LogP contribution in [0.15, 0.2) is 48.5 Å². The van der Waals surface area contributed by atoms with Crippen LogP contribution >= 0.6 is 0 Å². The van der Waals surface area contributed by atoms with Crippen molar-refractivity contribution in [2.24, 2.45) is 0 Å². The van der Waals surface area contributed by atoms with Crippen molar-refractivity contribution < 1.29 is 34.2 Å². The fraction of sp³-hybridized carbons (Fsp3) is 0.375. The molecule has 0 aliphatic carbocycles. The highest BCUT2D eigenvalue weighted by Gasteiger charge is 2.33. The fourth-order valence-electron chi connectivity index (χ4n) is 4.30. The van der Waals surface area contributed by atoms with Gasteiger partial charge in [-0.3, -0.25) is 4.79 Å². The highest BCUT2D eigenvalue weighted by atomic mass is 16.5. The number of carbonyl (C=O) groups excluding carboxylic acids is 2. The van der Waals surface area contributed by atoms with Gasteiger partial charge in [-0.25, -0.2) is 4.79 Å². The highest BCUT2D eigenvalue weighted by Crippen LogP contribution is 2.31. The van der Waals surface area contributed by atoms with Crippen molar-refractivity contribution >= 4 is 29.2 Å². The molecule has 9 nitrogen and oxygen atoms in total. The number of ether oxygens (including phenoxy) is 1. The Kier molecular flexibility index (Phi) is 7.89. The molecule has 0 saturated carbocycles. The predicted molar refractivity (Wildman–Crippen MR) is 121 cm³/mol. The van der Waals surface area contributed by atoms with Gasteiger partial charge in [-0.1, -0.05) is 18.2 Å². The number of benzene rings is 2. The van der Waals surface area contributed by atoms with Gasteiger partial charge in [0.05, 0.1) is 33.3 Å². The molecule has 1 unspecified atom stereocenters. The minimum atomic E-state index is -2.07. The van der Waals surface area contributed by atoms with Crippen LogP contribution < -0.4 is 24.5 Å². The summed E-state index contributed by atoms with van der Waals surface area (Å²) in [5, 5.41) is 16.3. The largest absolute Gasteiger partial charge is 0.539 e. The second-order valence-corrected chi connectivity index (χ2v) is 8.15. The summed E-state index contributed by atoms with van der Waals surface area (Å²) < 4.78 is 5.23. The number of aliphatic carboxylic acids is 2. The Labute approximate surface area is 192 Å². The maximum atomic E-state index is 13.0. The van der Waals surface area contributed by atoms with Crippen LogP contribution in [-0.4, -0.2) is 68.8 Å². The van der Waals surface area contributed by atoms with Crippen molar-refractivity contribution in [2.45, 2.75) is 19.4 Å². The Bertz CT molecular complexity index is 974. The van der Waals surface area contributed by atoms with Crippen molar-refractivity contribution in [3.63, 3.8) is 0 Å². The number of carboxylic acids is 2. The summed E-state index contributed by atoms with van der Waals surface area (Å²) in [7, 11) is 1.69. The van der Waals surface area contributed by atoms with Crippen molar-refractivity contribution in [3.05, 3.63) is 54.1 Å². The SMILES string of the molecule is COc1ccc(N2CC[NH+](CC(=O)N3c4ccccc4CC3C)CC2)cc1.O=C([O-])C(=O)O. The van der Waals surface area contributed by atoms with E-state index in [9.17, 15) is 4.79 Å². The van der Waals surface area contributed by atoms with Crippen LogP contribution in [0.25, 0.3) is 0 Å². The number of methoxy groups -OCH3 is 1. The minimum Gasteiger partial charge on any atom is -0.539 e. The molecular formula is C24H29N3O6. The van der Waals surface area contributed by atoms with E-state index in [4.69, 9.17) is 24.5 Å². The molecule has 0 bridgehead atoms. The maximum absolute atomic E-state index is 13.0. The molecule has 2 aromatic rings. The number of nitrogens with zero attached hydrogens (tertiary/aromatic N) is 2. The van der Waals surface area contributed by atoms with Gasteiger partial charge in [0.25, 0.3) is 5.91 Å². The van der Waals surface area contributed by atoms with Crippen LogP contribution in [0.3, 0.4) is 0 Å². The van der Waals surface area contributed by atoms with Gasteiger partial charge in [0.2, 0.25) is 0 Å². The number of piperazine rings is 1. The molecule has 2 aliphatic heterocycles. The Morgan fingerprint density at radius 2 is 1.70 bits per heavy atom. The van der Waals surface area contributed by atoms with Crippen LogP contribution in [0.4, 0.5) is 11.4 Å². The molecule has 0 aromatic heterocycles. The Hall–Kier alpha value is -3.59. The molecule has 0 radical (unpaired) electrons.